The molecule has 5 nitrogen and oxygen atoms in total. The third kappa shape index (κ3) is 3.87. The Balaban J connectivity index is 2.17. The summed E-state index contributed by atoms with van der Waals surface area (Å²) in [7, 11) is 0. The van der Waals surface area contributed by atoms with Gasteiger partial charge in [0.2, 0.25) is 5.91 Å². The second-order valence-electron chi connectivity index (χ2n) is 5.86. The molecule has 0 bridgehead atoms. The standard InChI is InChI=1S/C16H19F3N2O3/c1-9(2)14(16(23)21-5-7-24-8-6-21)20-15(22)10-3-4-11(17)13(19)12(10)18/h3-4,9,14H,5-8H2,1-2H3,(H,20,22)/t14-/m0/s1. The highest BCUT2D eigenvalue weighted by molar-refractivity contribution is 5.97. The molecule has 1 aliphatic rings. The normalized spacial score (nSPS) is 16.2. The van der Waals surface area contributed by atoms with E-state index >= 15 is 0 Å². The molecule has 1 fully saturated rings. The van der Waals surface area contributed by atoms with E-state index in [1.807, 2.05) is 0 Å². The Morgan fingerprint density at radius 2 is 1.75 bits per heavy atom. The van der Waals surface area contributed by atoms with Gasteiger partial charge in [-0.1, -0.05) is 13.8 Å². The molecule has 0 radical (unpaired) electrons. The van der Waals surface area contributed by atoms with Gasteiger partial charge in [0.25, 0.3) is 5.91 Å². The lowest BCUT2D eigenvalue weighted by Crippen LogP contribution is -2.53. The molecule has 1 aromatic carbocycles. The van der Waals surface area contributed by atoms with Crippen LogP contribution in [-0.4, -0.2) is 49.1 Å². The number of amides is 2. The van der Waals surface area contributed by atoms with Crippen molar-refractivity contribution in [2.75, 3.05) is 26.3 Å². The first-order valence-electron chi connectivity index (χ1n) is 7.63. The molecule has 1 saturated heterocycles. The molecule has 1 aliphatic heterocycles. The fourth-order valence-corrected chi connectivity index (χ4v) is 2.41. The molecule has 2 amide bonds. The first kappa shape index (κ1) is 18.3. The molecule has 1 heterocycles. The van der Waals surface area contributed by atoms with Crippen molar-refractivity contribution in [1.82, 2.24) is 10.2 Å². The Bertz CT molecular complexity index is 631. The van der Waals surface area contributed by atoms with E-state index in [9.17, 15) is 22.8 Å². The van der Waals surface area contributed by atoms with E-state index in [0.29, 0.717) is 32.4 Å². The second kappa shape index (κ2) is 7.65. The number of rotatable bonds is 4. The Morgan fingerprint density at radius 1 is 1.12 bits per heavy atom. The average Bonchev–Trinajstić information content (AvgIpc) is 2.57. The van der Waals surface area contributed by atoms with Crippen LogP contribution in [0.4, 0.5) is 13.2 Å². The Labute approximate surface area is 137 Å². The van der Waals surface area contributed by atoms with Crippen LogP contribution in [0.2, 0.25) is 0 Å². The van der Waals surface area contributed by atoms with Gasteiger partial charge in [-0.3, -0.25) is 9.59 Å². The van der Waals surface area contributed by atoms with Crippen LogP contribution in [0.15, 0.2) is 12.1 Å². The highest BCUT2D eigenvalue weighted by atomic mass is 19.2. The Kier molecular flexibility index (Phi) is 5.82. The SMILES string of the molecule is CC(C)[C@H](NC(=O)c1ccc(F)c(F)c1F)C(=O)N1CCOCC1. The monoisotopic (exact) mass is 344 g/mol. The molecule has 0 saturated carbocycles. The summed E-state index contributed by atoms with van der Waals surface area (Å²) in [5, 5.41) is 2.42. The quantitative estimate of drug-likeness (QED) is 0.846. The van der Waals surface area contributed by atoms with E-state index in [1.165, 1.54) is 0 Å². The fraction of sp³-hybridized carbons (Fsp3) is 0.500. The largest absolute Gasteiger partial charge is 0.378 e. The summed E-state index contributed by atoms with van der Waals surface area (Å²) in [6.45, 7) is 5.06. The predicted octanol–water partition coefficient (Wildman–Crippen LogP) is 1.72. The highest BCUT2D eigenvalue weighted by Crippen LogP contribution is 2.16. The van der Waals surface area contributed by atoms with Crippen LogP contribution in [0.3, 0.4) is 0 Å². The lowest BCUT2D eigenvalue weighted by molar-refractivity contribution is -0.138. The second-order valence-corrected chi connectivity index (χ2v) is 5.86. The number of carbonyl (C=O) groups is 2. The number of hydrogen-bond acceptors (Lipinski definition) is 3. The van der Waals surface area contributed by atoms with Crippen LogP contribution in [0.5, 0.6) is 0 Å². The number of benzene rings is 1. The summed E-state index contributed by atoms with van der Waals surface area (Å²) >= 11 is 0. The summed E-state index contributed by atoms with van der Waals surface area (Å²) in [5.74, 6) is -6.22. The zero-order valence-corrected chi connectivity index (χ0v) is 13.4. The van der Waals surface area contributed by atoms with Crippen molar-refractivity contribution in [3.8, 4) is 0 Å². The van der Waals surface area contributed by atoms with Crippen molar-refractivity contribution in [3.05, 3.63) is 35.1 Å². The molecule has 0 unspecified atom stereocenters. The number of halogens is 3. The van der Waals surface area contributed by atoms with Gasteiger partial charge < -0.3 is 15.0 Å². The number of carbonyl (C=O) groups excluding carboxylic acids is 2. The zero-order valence-electron chi connectivity index (χ0n) is 13.4. The van der Waals surface area contributed by atoms with Gasteiger partial charge in [-0.15, -0.1) is 0 Å². The smallest absolute Gasteiger partial charge is 0.255 e. The van der Waals surface area contributed by atoms with Crippen molar-refractivity contribution in [1.29, 1.82) is 0 Å². The van der Waals surface area contributed by atoms with Crippen LogP contribution in [0.1, 0.15) is 24.2 Å². The Morgan fingerprint density at radius 3 is 2.33 bits per heavy atom. The number of nitrogens with zero attached hydrogens (tertiary/aromatic N) is 1. The summed E-state index contributed by atoms with van der Waals surface area (Å²) in [5.41, 5.74) is -0.644. The minimum Gasteiger partial charge on any atom is -0.378 e. The molecule has 0 aromatic heterocycles. The molecule has 8 heteroatoms. The van der Waals surface area contributed by atoms with Crippen LogP contribution < -0.4 is 5.32 Å². The number of morpholine rings is 1. The summed E-state index contributed by atoms with van der Waals surface area (Å²) in [6, 6.07) is 0.615. The lowest BCUT2D eigenvalue weighted by atomic mass is 10.0. The van der Waals surface area contributed by atoms with Crippen molar-refractivity contribution >= 4 is 11.8 Å². The minimum absolute atomic E-state index is 0.266. The van der Waals surface area contributed by atoms with Gasteiger partial charge in [0.15, 0.2) is 17.5 Å². The molecule has 0 spiro atoms. The van der Waals surface area contributed by atoms with Crippen molar-refractivity contribution in [2.45, 2.75) is 19.9 Å². The maximum absolute atomic E-state index is 13.7. The number of ether oxygens (including phenoxy) is 1. The van der Waals surface area contributed by atoms with Crippen LogP contribution >= 0.6 is 0 Å². The molecule has 1 N–H and O–H groups in total. The van der Waals surface area contributed by atoms with E-state index < -0.39 is 35.0 Å². The van der Waals surface area contributed by atoms with E-state index in [-0.39, 0.29) is 11.8 Å². The van der Waals surface area contributed by atoms with Gasteiger partial charge in [-0.05, 0) is 18.1 Å². The first-order valence-corrected chi connectivity index (χ1v) is 7.63. The zero-order chi connectivity index (χ0) is 17.9. The average molecular weight is 344 g/mol. The maximum Gasteiger partial charge on any atom is 0.255 e. The third-order valence-electron chi connectivity index (χ3n) is 3.82. The summed E-state index contributed by atoms with van der Waals surface area (Å²) in [6.07, 6.45) is 0. The molecule has 2 rings (SSSR count). The van der Waals surface area contributed by atoms with Crippen molar-refractivity contribution < 1.29 is 27.5 Å². The Hall–Kier alpha value is -2.09. The first-order chi connectivity index (χ1) is 11.3. The highest BCUT2D eigenvalue weighted by Gasteiger charge is 2.31. The molecule has 24 heavy (non-hydrogen) atoms. The van der Waals surface area contributed by atoms with Gasteiger partial charge in [0.1, 0.15) is 6.04 Å². The predicted molar refractivity (Wildman–Crippen MR) is 79.8 cm³/mol. The van der Waals surface area contributed by atoms with Gasteiger partial charge >= 0.3 is 0 Å². The summed E-state index contributed by atoms with van der Waals surface area (Å²) < 4.78 is 45.1. The number of hydrogen-bond donors (Lipinski definition) is 1. The third-order valence-corrected chi connectivity index (χ3v) is 3.82. The fourth-order valence-electron chi connectivity index (χ4n) is 2.41. The van der Waals surface area contributed by atoms with Gasteiger partial charge in [-0.25, -0.2) is 13.2 Å². The van der Waals surface area contributed by atoms with E-state index in [1.54, 1.807) is 18.7 Å². The molecule has 132 valence electrons. The van der Waals surface area contributed by atoms with Crippen molar-refractivity contribution in [2.24, 2.45) is 5.92 Å². The van der Waals surface area contributed by atoms with E-state index in [4.69, 9.17) is 4.74 Å². The summed E-state index contributed by atoms with van der Waals surface area (Å²) in [4.78, 5) is 26.3. The maximum atomic E-state index is 13.7. The van der Waals surface area contributed by atoms with Gasteiger partial charge in [0, 0.05) is 13.1 Å². The molecule has 0 aliphatic carbocycles. The van der Waals surface area contributed by atoms with E-state index in [2.05, 4.69) is 5.32 Å². The molecular formula is C16H19F3N2O3. The van der Waals surface area contributed by atoms with Crippen LogP contribution in [0.25, 0.3) is 0 Å². The minimum atomic E-state index is -1.72. The van der Waals surface area contributed by atoms with Crippen molar-refractivity contribution in [3.63, 3.8) is 0 Å². The van der Waals surface area contributed by atoms with Crippen LogP contribution in [0, 0.1) is 23.4 Å². The lowest BCUT2D eigenvalue weighted by Gasteiger charge is -2.32. The van der Waals surface area contributed by atoms with Gasteiger partial charge in [0.05, 0.1) is 18.8 Å². The van der Waals surface area contributed by atoms with E-state index in [0.717, 1.165) is 6.07 Å². The molecule has 1 atom stereocenters. The van der Waals surface area contributed by atoms with Crippen LogP contribution in [-0.2, 0) is 9.53 Å². The van der Waals surface area contributed by atoms with Gasteiger partial charge in [-0.2, -0.15) is 0 Å². The topological polar surface area (TPSA) is 58.6 Å². The number of nitrogens with one attached hydrogen (secondary N) is 1. The molecular weight excluding hydrogens is 325 g/mol. The molecule has 1 aromatic rings.